The molecule has 0 aliphatic carbocycles. The average Bonchev–Trinajstić information content (AvgIpc) is 2.16. The second-order valence-corrected chi connectivity index (χ2v) is 3.62. The summed E-state index contributed by atoms with van der Waals surface area (Å²) in [5, 5.41) is 9.53. The first-order chi connectivity index (χ1) is 4.79. The summed E-state index contributed by atoms with van der Waals surface area (Å²) in [4.78, 5) is 2.36. The number of hydrogen-bond acceptors (Lipinski definition) is 2. The second kappa shape index (κ2) is 2.21. The van der Waals surface area contributed by atoms with Crippen LogP contribution in [0.25, 0.3) is 0 Å². The molecule has 0 aromatic carbocycles. The fraction of sp³-hybridized carbons (Fsp3) is 1.00. The summed E-state index contributed by atoms with van der Waals surface area (Å²) >= 11 is 0. The molecule has 2 aliphatic heterocycles. The summed E-state index contributed by atoms with van der Waals surface area (Å²) in [5.41, 5.74) is 0. The molecule has 0 amide bonds. The Morgan fingerprint density at radius 1 is 1.40 bits per heavy atom. The van der Waals surface area contributed by atoms with E-state index in [1.165, 1.54) is 19.3 Å². The smallest absolute Gasteiger partial charge is 0.0710 e. The molecular weight excluding hydrogens is 126 g/mol. The van der Waals surface area contributed by atoms with Gasteiger partial charge in [0.25, 0.3) is 0 Å². The zero-order chi connectivity index (χ0) is 7.14. The van der Waals surface area contributed by atoms with E-state index in [0.717, 1.165) is 6.42 Å². The molecular formula is C8H15NO. The normalized spacial score (nSPS) is 48.0. The molecule has 2 fully saturated rings. The molecule has 2 rings (SSSR count). The van der Waals surface area contributed by atoms with Gasteiger partial charge in [0.15, 0.2) is 0 Å². The maximum Gasteiger partial charge on any atom is 0.0710 e. The van der Waals surface area contributed by atoms with Crippen LogP contribution < -0.4 is 0 Å². The van der Waals surface area contributed by atoms with Gasteiger partial charge in [-0.15, -0.1) is 0 Å². The Kier molecular flexibility index (Phi) is 1.46. The van der Waals surface area contributed by atoms with Crippen LogP contribution in [0.2, 0.25) is 0 Å². The Bertz CT molecular complexity index is 137. The largest absolute Gasteiger partial charge is 0.391 e. The highest BCUT2D eigenvalue weighted by molar-refractivity contribution is 4.95. The fourth-order valence-corrected chi connectivity index (χ4v) is 2.42. The first-order valence-electron chi connectivity index (χ1n) is 4.19. The predicted octanol–water partition coefficient (Wildman–Crippen LogP) is 0.604. The molecule has 1 N–H and O–H groups in total. The van der Waals surface area contributed by atoms with Crippen LogP contribution in [0, 0.1) is 0 Å². The van der Waals surface area contributed by atoms with E-state index in [0.29, 0.717) is 12.1 Å². The number of fused-ring (bicyclic) bond motifs is 2. The van der Waals surface area contributed by atoms with E-state index in [-0.39, 0.29) is 6.10 Å². The van der Waals surface area contributed by atoms with E-state index in [4.69, 9.17) is 0 Å². The summed E-state index contributed by atoms with van der Waals surface area (Å²) in [6.07, 6.45) is 4.80. The molecule has 2 heterocycles. The lowest BCUT2D eigenvalue weighted by molar-refractivity contribution is 0.103. The summed E-state index contributed by atoms with van der Waals surface area (Å²) in [7, 11) is 2.14. The van der Waals surface area contributed by atoms with Gasteiger partial charge in [0.2, 0.25) is 0 Å². The van der Waals surface area contributed by atoms with Gasteiger partial charge in [-0.1, -0.05) is 6.42 Å². The van der Waals surface area contributed by atoms with Crippen molar-refractivity contribution >= 4 is 0 Å². The highest BCUT2D eigenvalue weighted by atomic mass is 16.3. The second-order valence-electron chi connectivity index (χ2n) is 3.62. The van der Waals surface area contributed by atoms with Gasteiger partial charge in [0, 0.05) is 12.1 Å². The van der Waals surface area contributed by atoms with Crippen LogP contribution in [0.3, 0.4) is 0 Å². The van der Waals surface area contributed by atoms with Crippen molar-refractivity contribution in [2.45, 2.75) is 43.9 Å². The fourth-order valence-electron chi connectivity index (χ4n) is 2.42. The Morgan fingerprint density at radius 3 is 2.80 bits per heavy atom. The van der Waals surface area contributed by atoms with Gasteiger partial charge in [-0.3, -0.25) is 4.90 Å². The standard InChI is InChI=1S/C8H15NO/c1-9-6-3-2-4-7(9)8(10)5-6/h6-8,10H,2-5H2,1H3/t6-,7-,8-/m1/s1. The zero-order valence-electron chi connectivity index (χ0n) is 6.45. The highest BCUT2D eigenvalue weighted by Crippen LogP contribution is 2.33. The lowest BCUT2D eigenvalue weighted by Gasteiger charge is -2.30. The molecule has 2 nitrogen and oxygen atoms in total. The van der Waals surface area contributed by atoms with Gasteiger partial charge in [0.05, 0.1) is 6.10 Å². The molecule has 0 aromatic rings. The molecule has 2 saturated heterocycles. The first-order valence-corrected chi connectivity index (χ1v) is 4.19. The van der Waals surface area contributed by atoms with Gasteiger partial charge < -0.3 is 5.11 Å². The highest BCUT2D eigenvalue weighted by Gasteiger charge is 2.40. The summed E-state index contributed by atoms with van der Waals surface area (Å²) < 4.78 is 0. The molecule has 58 valence electrons. The number of likely N-dealkylation sites (N-methyl/N-ethyl adjacent to an activating group) is 1. The third kappa shape index (κ3) is 0.789. The van der Waals surface area contributed by atoms with Crippen molar-refractivity contribution in [1.29, 1.82) is 0 Å². The van der Waals surface area contributed by atoms with Gasteiger partial charge in [-0.2, -0.15) is 0 Å². The van der Waals surface area contributed by atoms with Crippen LogP contribution in [0.1, 0.15) is 25.7 Å². The van der Waals surface area contributed by atoms with Gasteiger partial charge >= 0.3 is 0 Å². The van der Waals surface area contributed by atoms with E-state index in [1.807, 2.05) is 0 Å². The molecule has 0 saturated carbocycles. The predicted molar refractivity (Wildman–Crippen MR) is 39.8 cm³/mol. The van der Waals surface area contributed by atoms with Crippen molar-refractivity contribution in [3.63, 3.8) is 0 Å². The lowest BCUT2D eigenvalue weighted by Crippen LogP contribution is -2.38. The molecule has 2 aliphatic rings. The van der Waals surface area contributed by atoms with Crippen molar-refractivity contribution in [3.05, 3.63) is 0 Å². The maximum absolute atomic E-state index is 9.53. The van der Waals surface area contributed by atoms with E-state index < -0.39 is 0 Å². The Balaban J connectivity index is 2.14. The average molecular weight is 141 g/mol. The number of piperidine rings is 1. The van der Waals surface area contributed by atoms with E-state index in [1.54, 1.807) is 0 Å². The molecule has 3 atom stereocenters. The zero-order valence-corrected chi connectivity index (χ0v) is 6.45. The minimum absolute atomic E-state index is 0.0301. The van der Waals surface area contributed by atoms with Crippen LogP contribution in [-0.4, -0.2) is 35.2 Å². The monoisotopic (exact) mass is 141 g/mol. The van der Waals surface area contributed by atoms with Crippen molar-refractivity contribution in [3.8, 4) is 0 Å². The van der Waals surface area contributed by atoms with Crippen LogP contribution in [0.5, 0.6) is 0 Å². The lowest BCUT2D eigenvalue weighted by atomic mass is 10.0. The molecule has 0 radical (unpaired) electrons. The van der Waals surface area contributed by atoms with Crippen LogP contribution >= 0.6 is 0 Å². The third-order valence-electron chi connectivity index (χ3n) is 3.09. The molecule has 0 aromatic heterocycles. The summed E-state index contributed by atoms with van der Waals surface area (Å²) in [6.45, 7) is 0. The molecule has 0 spiro atoms. The third-order valence-corrected chi connectivity index (χ3v) is 3.09. The Morgan fingerprint density at radius 2 is 2.20 bits per heavy atom. The number of aliphatic hydroxyl groups is 1. The van der Waals surface area contributed by atoms with Crippen molar-refractivity contribution in [1.82, 2.24) is 4.90 Å². The van der Waals surface area contributed by atoms with E-state index in [2.05, 4.69) is 11.9 Å². The van der Waals surface area contributed by atoms with E-state index in [9.17, 15) is 5.11 Å². The van der Waals surface area contributed by atoms with Gasteiger partial charge in [-0.25, -0.2) is 0 Å². The van der Waals surface area contributed by atoms with Gasteiger partial charge in [-0.05, 0) is 26.3 Å². The number of aliphatic hydroxyl groups excluding tert-OH is 1. The van der Waals surface area contributed by atoms with Crippen molar-refractivity contribution in [2.75, 3.05) is 7.05 Å². The van der Waals surface area contributed by atoms with Crippen LogP contribution in [-0.2, 0) is 0 Å². The number of hydrogen-bond donors (Lipinski definition) is 1. The van der Waals surface area contributed by atoms with Crippen molar-refractivity contribution < 1.29 is 5.11 Å². The quantitative estimate of drug-likeness (QED) is 0.534. The minimum atomic E-state index is -0.0301. The first kappa shape index (κ1) is 6.62. The number of nitrogens with zero attached hydrogens (tertiary/aromatic N) is 1. The molecule has 2 heteroatoms. The minimum Gasteiger partial charge on any atom is -0.391 e. The Labute approximate surface area is 61.8 Å². The van der Waals surface area contributed by atoms with Crippen molar-refractivity contribution in [2.24, 2.45) is 0 Å². The van der Waals surface area contributed by atoms with Gasteiger partial charge in [0.1, 0.15) is 0 Å². The molecule has 2 bridgehead atoms. The maximum atomic E-state index is 9.53. The van der Waals surface area contributed by atoms with E-state index >= 15 is 0 Å². The SMILES string of the molecule is CN1[C@@H]2CCC[C@@H]1[C@H](O)C2. The number of rotatable bonds is 0. The Hall–Kier alpha value is -0.0800. The van der Waals surface area contributed by atoms with Crippen LogP contribution in [0.15, 0.2) is 0 Å². The van der Waals surface area contributed by atoms with Crippen LogP contribution in [0.4, 0.5) is 0 Å². The molecule has 0 unspecified atom stereocenters. The topological polar surface area (TPSA) is 23.5 Å². The summed E-state index contributed by atoms with van der Waals surface area (Å²) in [6, 6.07) is 1.17. The molecule has 10 heavy (non-hydrogen) atoms. The summed E-state index contributed by atoms with van der Waals surface area (Å²) in [5.74, 6) is 0.